The molecule has 0 radical (unpaired) electrons. The minimum absolute atomic E-state index is 0.181. The summed E-state index contributed by atoms with van der Waals surface area (Å²) in [6.45, 7) is -0.399. The Kier molecular flexibility index (Phi) is 4.81. The van der Waals surface area contributed by atoms with E-state index in [1.165, 1.54) is 12.1 Å². The summed E-state index contributed by atoms with van der Waals surface area (Å²) < 4.78 is 39.4. The number of pyridine rings is 1. The third-order valence-corrected chi connectivity index (χ3v) is 3.88. The Morgan fingerprint density at radius 3 is 2.26 bits per heavy atom. The third-order valence-electron chi connectivity index (χ3n) is 3.88. The number of anilines is 1. The van der Waals surface area contributed by atoms with Crippen LogP contribution in [0.5, 0.6) is 0 Å². The number of para-hydroxylation sites is 1. The molecule has 1 N–H and O–H groups in total. The second-order valence-corrected chi connectivity index (χ2v) is 5.72. The minimum atomic E-state index is -5.13. The molecule has 3 aromatic rings. The predicted octanol–water partition coefficient (Wildman–Crippen LogP) is 4.03. The molecule has 5 nitrogen and oxygen atoms in total. The smallest absolute Gasteiger partial charge is 0.471 e. The van der Waals surface area contributed by atoms with Crippen molar-refractivity contribution in [1.82, 2.24) is 4.98 Å². The zero-order valence-corrected chi connectivity index (χ0v) is 13.8. The van der Waals surface area contributed by atoms with Crippen molar-refractivity contribution in [3.63, 3.8) is 0 Å². The number of amides is 1. The van der Waals surface area contributed by atoms with Gasteiger partial charge in [-0.1, -0.05) is 48.5 Å². The van der Waals surface area contributed by atoms with Gasteiger partial charge in [0.15, 0.2) is 0 Å². The standard InChI is InChI=1S/C19H13F3N2O3/c20-19(21,22)18(27)24(11-12-6-2-1-3-7-12)16-10-14(17(25)26)13-8-4-5-9-15(13)23-16/h1-10H,11H2,(H,25,26). The number of aromatic nitrogens is 1. The molecule has 0 fully saturated rings. The lowest BCUT2D eigenvalue weighted by atomic mass is 10.1. The van der Waals surface area contributed by atoms with Gasteiger partial charge in [-0.2, -0.15) is 13.2 Å². The van der Waals surface area contributed by atoms with Crippen molar-refractivity contribution in [3.05, 3.63) is 71.8 Å². The Labute approximate surface area is 151 Å². The lowest BCUT2D eigenvalue weighted by molar-refractivity contribution is -0.170. The van der Waals surface area contributed by atoms with Crippen molar-refractivity contribution in [2.45, 2.75) is 12.7 Å². The predicted molar refractivity (Wildman–Crippen MR) is 92.4 cm³/mol. The van der Waals surface area contributed by atoms with E-state index in [0.29, 0.717) is 10.5 Å². The summed E-state index contributed by atoms with van der Waals surface area (Å²) >= 11 is 0. The maximum atomic E-state index is 13.1. The van der Waals surface area contributed by atoms with Gasteiger partial charge in [-0.15, -0.1) is 0 Å². The number of nitrogens with zero attached hydrogens (tertiary/aromatic N) is 2. The van der Waals surface area contributed by atoms with E-state index < -0.39 is 24.6 Å². The SMILES string of the molecule is O=C(O)c1cc(N(Cc2ccccc2)C(=O)C(F)(F)F)nc2ccccc12. The number of carboxylic acids is 1. The van der Waals surface area contributed by atoms with Crippen molar-refractivity contribution < 1.29 is 27.9 Å². The first-order valence-electron chi connectivity index (χ1n) is 7.83. The average Bonchev–Trinajstić information content (AvgIpc) is 2.64. The van der Waals surface area contributed by atoms with E-state index in [9.17, 15) is 27.9 Å². The number of hydrogen-bond acceptors (Lipinski definition) is 3. The van der Waals surface area contributed by atoms with Gasteiger partial charge in [-0.05, 0) is 17.7 Å². The molecule has 0 unspecified atom stereocenters. The Balaban J connectivity index is 2.16. The number of carboxylic acid groups (broad SMARTS) is 1. The van der Waals surface area contributed by atoms with Crippen LogP contribution in [0.3, 0.4) is 0 Å². The van der Waals surface area contributed by atoms with E-state index in [-0.39, 0.29) is 22.3 Å². The number of alkyl halides is 3. The van der Waals surface area contributed by atoms with E-state index in [4.69, 9.17) is 0 Å². The number of hydrogen-bond donors (Lipinski definition) is 1. The van der Waals surface area contributed by atoms with Crippen LogP contribution in [0.25, 0.3) is 10.9 Å². The number of benzene rings is 2. The number of fused-ring (bicyclic) bond motifs is 1. The van der Waals surface area contributed by atoms with Gasteiger partial charge >= 0.3 is 18.1 Å². The second-order valence-electron chi connectivity index (χ2n) is 5.72. The van der Waals surface area contributed by atoms with Crippen molar-refractivity contribution in [1.29, 1.82) is 0 Å². The number of rotatable bonds is 4. The molecule has 138 valence electrons. The average molecular weight is 374 g/mol. The Morgan fingerprint density at radius 2 is 1.63 bits per heavy atom. The van der Waals surface area contributed by atoms with E-state index in [1.54, 1.807) is 42.5 Å². The molecular weight excluding hydrogens is 361 g/mol. The first-order chi connectivity index (χ1) is 12.8. The van der Waals surface area contributed by atoms with E-state index in [0.717, 1.165) is 6.07 Å². The molecular formula is C19H13F3N2O3. The summed E-state index contributed by atoms with van der Waals surface area (Å²) in [5.74, 6) is -3.82. The number of aromatic carboxylic acids is 1. The van der Waals surface area contributed by atoms with Crippen LogP contribution >= 0.6 is 0 Å². The fourth-order valence-electron chi connectivity index (χ4n) is 2.65. The summed E-state index contributed by atoms with van der Waals surface area (Å²) in [6.07, 6.45) is -5.13. The monoisotopic (exact) mass is 374 g/mol. The molecule has 0 spiro atoms. The quantitative estimate of drug-likeness (QED) is 0.749. The van der Waals surface area contributed by atoms with Crippen LogP contribution in [-0.2, 0) is 11.3 Å². The Hall–Kier alpha value is -3.42. The van der Waals surface area contributed by atoms with E-state index >= 15 is 0 Å². The van der Waals surface area contributed by atoms with Crippen LogP contribution in [0.4, 0.5) is 19.0 Å². The number of halogens is 3. The van der Waals surface area contributed by atoms with Crippen LogP contribution in [0, 0.1) is 0 Å². The van der Waals surface area contributed by atoms with Gasteiger partial charge in [0.25, 0.3) is 0 Å². The molecule has 3 rings (SSSR count). The van der Waals surface area contributed by atoms with Gasteiger partial charge in [0.2, 0.25) is 0 Å². The lowest BCUT2D eigenvalue weighted by Crippen LogP contribution is -2.41. The second kappa shape index (κ2) is 7.06. The van der Waals surface area contributed by atoms with Gasteiger partial charge in [0.05, 0.1) is 17.6 Å². The van der Waals surface area contributed by atoms with E-state index in [1.807, 2.05) is 0 Å². The summed E-state index contributed by atoms with van der Waals surface area (Å²) in [6, 6.07) is 15.2. The molecule has 0 aliphatic heterocycles. The maximum absolute atomic E-state index is 13.1. The van der Waals surface area contributed by atoms with Crippen molar-refractivity contribution in [2.75, 3.05) is 4.90 Å². The zero-order chi connectivity index (χ0) is 19.6. The summed E-state index contributed by atoms with van der Waals surface area (Å²) in [7, 11) is 0. The van der Waals surface area contributed by atoms with Crippen molar-refractivity contribution in [2.24, 2.45) is 0 Å². The zero-order valence-electron chi connectivity index (χ0n) is 13.8. The van der Waals surface area contributed by atoms with Gasteiger partial charge in [-0.25, -0.2) is 9.78 Å². The molecule has 0 bridgehead atoms. The molecule has 0 atom stereocenters. The largest absolute Gasteiger partial charge is 0.478 e. The molecule has 1 heterocycles. The molecule has 27 heavy (non-hydrogen) atoms. The normalized spacial score (nSPS) is 11.4. The maximum Gasteiger partial charge on any atom is 0.471 e. The summed E-state index contributed by atoms with van der Waals surface area (Å²) in [4.78, 5) is 28.1. The number of carbonyl (C=O) groups excluding carboxylic acids is 1. The minimum Gasteiger partial charge on any atom is -0.478 e. The third kappa shape index (κ3) is 3.89. The highest BCUT2D eigenvalue weighted by atomic mass is 19.4. The summed E-state index contributed by atoms with van der Waals surface area (Å²) in [5.41, 5.74) is 0.394. The van der Waals surface area contributed by atoms with Gasteiger partial charge in [0, 0.05) is 5.39 Å². The first kappa shape index (κ1) is 18.4. The fraction of sp³-hybridized carbons (Fsp3) is 0.105. The highest BCUT2D eigenvalue weighted by molar-refractivity contribution is 6.05. The van der Waals surface area contributed by atoms with Crippen molar-refractivity contribution in [3.8, 4) is 0 Å². The van der Waals surface area contributed by atoms with Crippen LogP contribution in [-0.4, -0.2) is 28.1 Å². The first-order valence-corrected chi connectivity index (χ1v) is 7.83. The van der Waals surface area contributed by atoms with Gasteiger partial charge in [0.1, 0.15) is 5.82 Å². The molecule has 0 saturated heterocycles. The van der Waals surface area contributed by atoms with Crippen LogP contribution in [0.2, 0.25) is 0 Å². The Morgan fingerprint density at radius 1 is 1.00 bits per heavy atom. The molecule has 8 heteroatoms. The molecule has 0 saturated carbocycles. The van der Waals surface area contributed by atoms with Gasteiger partial charge in [-0.3, -0.25) is 9.69 Å². The van der Waals surface area contributed by atoms with Crippen LogP contribution < -0.4 is 4.90 Å². The van der Waals surface area contributed by atoms with Crippen molar-refractivity contribution >= 4 is 28.6 Å². The molecule has 1 aromatic heterocycles. The molecule has 0 aliphatic carbocycles. The summed E-state index contributed by atoms with van der Waals surface area (Å²) in [5, 5.41) is 9.70. The lowest BCUT2D eigenvalue weighted by Gasteiger charge is -2.24. The topological polar surface area (TPSA) is 70.5 Å². The molecule has 2 aromatic carbocycles. The Bertz CT molecular complexity index is 1000. The highest BCUT2D eigenvalue weighted by Gasteiger charge is 2.43. The fourth-order valence-corrected chi connectivity index (χ4v) is 2.65. The van der Waals surface area contributed by atoms with E-state index in [2.05, 4.69) is 4.98 Å². The van der Waals surface area contributed by atoms with Crippen LogP contribution in [0.1, 0.15) is 15.9 Å². The van der Waals surface area contributed by atoms with Crippen LogP contribution in [0.15, 0.2) is 60.7 Å². The number of carbonyl (C=O) groups is 2. The highest BCUT2D eigenvalue weighted by Crippen LogP contribution is 2.28. The molecule has 1 amide bonds. The molecule has 0 aliphatic rings. The van der Waals surface area contributed by atoms with Gasteiger partial charge < -0.3 is 5.11 Å².